The molecule has 0 aliphatic carbocycles. The first-order chi connectivity index (χ1) is 14.6. The number of nitrogens with one attached hydrogen (secondary N) is 2. The van der Waals surface area contributed by atoms with Crippen LogP contribution in [0.15, 0.2) is 33.8 Å². The predicted octanol–water partition coefficient (Wildman–Crippen LogP) is 2.51. The molecular weight excluding hydrogens is 384 g/mol. The van der Waals surface area contributed by atoms with E-state index < -0.39 is 0 Å². The normalized spacial score (nSPS) is 17.8. The Labute approximate surface area is 177 Å². The maximum Gasteiger partial charge on any atom is 0.248 e. The lowest BCUT2D eigenvalue weighted by Gasteiger charge is -2.22. The molecule has 0 amide bonds. The van der Waals surface area contributed by atoms with E-state index >= 15 is 0 Å². The van der Waals surface area contributed by atoms with Crippen molar-refractivity contribution in [2.45, 2.75) is 45.9 Å². The molecule has 1 aromatic carbocycles. The van der Waals surface area contributed by atoms with E-state index in [-0.39, 0.29) is 12.1 Å². The van der Waals surface area contributed by atoms with Crippen molar-refractivity contribution in [3.8, 4) is 5.75 Å². The zero-order valence-corrected chi connectivity index (χ0v) is 18.2. The Morgan fingerprint density at radius 2 is 2.20 bits per heavy atom. The molecule has 9 heteroatoms. The number of hydrogen-bond acceptors (Lipinski definition) is 7. The van der Waals surface area contributed by atoms with Crippen LogP contribution in [0.4, 0.5) is 5.69 Å². The molecule has 1 saturated heterocycles. The molecule has 0 radical (unpaired) electrons. The molecule has 2 atom stereocenters. The van der Waals surface area contributed by atoms with Crippen LogP contribution in [0.1, 0.15) is 45.0 Å². The Morgan fingerprint density at radius 3 is 2.97 bits per heavy atom. The molecule has 3 rings (SSSR count). The summed E-state index contributed by atoms with van der Waals surface area (Å²) in [5.41, 5.74) is 1.12. The summed E-state index contributed by atoms with van der Waals surface area (Å²) in [6.07, 6.45) is 0.821. The molecule has 30 heavy (non-hydrogen) atoms. The van der Waals surface area contributed by atoms with E-state index in [1.54, 1.807) is 7.11 Å². The molecule has 9 nitrogen and oxygen atoms in total. The highest BCUT2D eigenvalue weighted by molar-refractivity contribution is 5.80. The lowest BCUT2D eigenvalue weighted by Crippen LogP contribution is -2.44. The fourth-order valence-electron chi connectivity index (χ4n) is 3.47. The zero-order valence-electron chi connectivity index (χ0n) is 18.2. The monoisotopic (exact) mass is 416 g/mol. The number of methoxy groups -OCH3 is 1. The summed E-state index contributed by atoms with van der Waals surface area (Å²) < 4.78 is 16.3. The molecule has 0 bridgehead atoms. The largest absolute Gasteiger partial charge is 0.495 e. The van der Waals surface area contributed by atoms with E-state index in [9.17, 15) is 0 Å². The van der Waals surface area contributed by atoms with Gasteiger partial charge in [-0.1, -0.05) is 17.3 Å². The number of rotatable bonds is 9. The van der Waals surface area contributed by atoms with Gasteiger partial charge in [-0.2, -0.15) is 4.98 Å². The second-order valence-electron chi connectivity index (χ2n) is 7.09. The summed E-state index contributed by atoms with van der Waals surface area (Å²) in [6.45, 7) is 9.40. The van der Waals surface area contributed by atoms with Crippen LogP contribution in [-0.2, 0) is 11.3 Å². The van der Waals surface area contributed by atoms with Crippen LogP contribution in [0.25, 0.3) is 0 Å². The molecule has 164 valence electrons. The molecule has 2 unspecified atom stereocenters. The second kappa shape index (κ2) is 10.8. The predicted molar refractivity (Wildman–Crippen MR) is 116 cm³/mol. The molecule has 1 fully saturated rings. The van der Waals surface area contributed by atoms with Gasteiger partial charge in [0.05, 0.1) is 12.8 Å². The number of anilines is 1. The average Bonchev–Trinajstić information content (AvgIpc) is 3.42. The van der Waals surface area contributed by atoms with Crippen molar-refractivity contribution in [3.05, 3.63) is 36.0 Å². The minimum atomic E-state index is -0.192. The molecule has 2 N–H and O–H groups in total. The van der Waals surface area contributed by atoms with E-state index in [1.807, 2.05) is 39.0 Å². The molecule has 2 aromatic rings. The Kier molecular flexibility index (Phi) is 7.89. The third kappa shape index (κ3) is 5.63. The fraction of sp³-hybridized carbons (Fsp3) is 0.571. The number of benzene rings is 1. The van der Waals surface area contributed by atoms with E-state index in [4.69, 9.17) is 14.0 Å². The maximum absolute atomic E-state index is 5.50. The van der Waals surface area contributed by atoms with Crippen molar-refractivity contribution in [3.63, 3.8) is 0 Å². The SMILES string of the molecule is CCNC(=NCc1nc(C(C)OCC)no1)NC1CCN(c2ccccc2OC)C1. The van der Waals surface area contributed by atoms with Crippen molar-refractivity contribution in [1.82, 2.24) is 20.8 Å². The Bertz CT molecular complexity index is 825. The first kappa shape index (κ1) is 21.9. The maximum atomic E-state index is 5.50. The minimum Gasteiger partial charge on any atom is -0.495 e. The van der Waals surface area contributed by atoms with Gasteiger partial charge in [0.15, 0.2) is 11.8 Å². The van der Waals surface area contributed by atoms with Gasteiger partial charge in [-0.3, -0.25) is 0 Å². The van der Waals surface area contributed by atoms with E-state index in [0.717, 1.165) is 43.5 Å². The molecule has 2 heterocycles. The number of guanidine groups is 1. The Morgan fingerprint density at radius 1 is 1.37 bits per heavy atom. The molecule has 0 spiro atoms. The van der Waals surface area contributed by atoms with Crippen LogP contribution in [0.2, 0.25) is 0 Å². The highest BCUT2D eigenvalue weighted by atomic mass is 16.5. The van der Waals surface area contributed by atoms with Crippen molar-refractivity contribution in [2.75, 3.05) is 38.3 Å². The third-order valence-corrected chi connectivity index (χ3v) is 4.94. The molecule has 1 aliphatic heterocycles. The standard InChI is InChI=1S/C21H32N6O3/c1-5-22-21(23-13-19-25-20(26-30-19)15(3)29-6-2)24-16-11-12-27(14-16)17-9-7-8-10-18(17)28-4/h7-10,15-16H,5-6,11-14H2,1-4H3,(H2,22,23,24). The second-order valence-corrected chi connectivity index (χ2v) is 7.09. The van der Waals surface area contributed by atoms with Gasteiger partial charge in [-0.25, -0.2) is 4.99 Å². The van der Waals surface area contributed by atoms with Crippen molar-refractivity contribution < 1.29 is 14.0 Å². The lowest BCUT2D eigenvalue weighted by atomic mass is 10.2. The Hall–Kier alpha value is -2.81. The van der Waals surface area contributed by atoms with Crippen molar-refractivity contribution >= 4 is 11.6 Å². The summed E-state index contributed by atoms with van der Waals surface area (Å²) >= 11 is 0. The van der Waals surface area contributed by atoms with Crippen LogP contribution in [0.5, 0.6) is 5.75 Å². The van der Waals surface area contributed by atoms with Crippen LogP contribution < -0.4 is 20.3 Å². The van der Waals surface area contributed by atoms with Crippen LogP contribution >= 0.6 is 0 Å². The highest BCUT2D eigenvalue weighted by Gasteiger charge is 2.25. The highest BCUT2D eigenvalue weighted by Crippen LogP contribution is 2.30. The number of nitrogens with zero attached hydrogens (tertiary/aromatic N) is 4. The van der Waals surface area contributed by atoms with E-state index in [1.165, 1.54) is 0 Å². The summed E-state index contributed by atoms with van der Waals surface area (Å²) in [5, 5.41) is 10.8. The number of para-hydroxylation sites is 2. The first-order valence-corrected chi connectivity index (χ1v) is 10.5. The van der Waals surface area contributed by atoms with Crippen LogP contribution in [-0.4, -0.2) is 55.5 Å². The lowest BCUT2D eigenvalue weighted by molar-refractivity contribution is 0.0683. The molecular formula is C21H32N6O3. The quantitative estimate of drug-likeness (QED) is 0.475. The van der Waals surface area contributed by atoms with Gasteiger partial charge < -0.3 is 29.5 Å². The molecule has 1 aliphatic rings. The smallest absolute Gasteiger partial charge is 0.248 e. The molecule has 1 aromatic heterocycles. The van der Waals surface area contributed by atoms with Gasteiger partial charge in [0, 0.05) is 32.3 Å². The zero-order chi connectivity index (χ0) is 21.3. The summed E-state index contributed by atoms with van der Waals surface area (Å²) in [6, 6.07) is 8.39. The van der Waals surface area contributed by atoms with Gasteiger partial charge in [-0.15, -0.1) is 0 Å². The third-order valence-electron chi connectivity index (χ3n) is 4.94. The number of aromatic nitrogens is 2. The van der Waals surface area contributed by atoms with Crippen LogP contribution in [0, 0.1) is 0 Å². The van der Waals surface area contributed by atoms with Gasteiger partial charge in [0.25, 0.3) is 0 Å². The van der Waals surface area contributed by atoms with Gasteiger partial charge >= 0.3 is 0 Å². The topological polar surface area (TPSA) is 97.0 Å². The summed E-state index contributed by atoms with van der Waals surface area (Å²) in [7, 11) is 1.71. The Balaban J connectivity index is 1.59. The van der Waals surface area contributed by atoms with Gasteiger partial charge in [-0.05, 0) is 39.3 Å². The van der Waals surface area contributed by atoms with Crippen LogP contribution in [0.3, 0.4) is 0 Å². The van der Waals surface area contributed by atoms with E-state index in [2.05, 4.69) is 36.7 Å². The van der Waals surface area contributed by atoms with Crippen molar-refractivity contribution in [2.24, 2.45) is 4.99 Å². The number of ether oxygens (including phenoxy) is 2. The summed E-state index contributed by atoms with van der Waals surface area (Å²) in [4.78, 5) is 11.3. The number of hydrogen-bond donors (Lipinski definition) is 2. The van der Waals surface area contributed by atoms with Gasteiger partial charge in [0.1, 0.15) is 18.4 Å². The van der Waals surface area contributed by atoms with E-state index in [0.29, 0.717) is 24.9 Å². The first-order valence-electron chi connectivity index (χ1n) is 10.5. The number of aliphatic imine (C=N–C) groups is 1. The summed E-state index contributed by atoms with van der Waals surface area (Å²) in [5.74, 6) is 2.65. The van der Waals surface area contributed by atoms with Gasteiger partial charge in [0.2, 0.25) is 5.89 Å². The minimum absolute atomic E-state index is 0.192. The molecule has 0 saturated carbocycles. The fourth-order valence-corrected chi connectivity index (χ4v) is 3.47. The average molecular weight is 417 g/mol. The van der Waals surface area contributed by atoms with Crippen molar-refractivity contribution in [1.29, 1.82) is 0 Å².